The van der Waals surface area contributed by atoms with E-state index in [1.807, 2.05) is 0 Å². The molecule has 0 radical (unpaired) electrons. The number of likely N-dealkylation sites (tertiary alicyclic amines) is 1. The highest BCUT2D eigenvalue weighted by atomic mass is 32.2. The highest BCUT2D eigenvalue weighted by molar-refractivity contribution is 7.89. The predicted molar refractivity (Wildman–Crippen MR) is 109 cm³/mol. The van der Waals surface area contributed by atoms with E-state index in [2.05, 4.69) is 0 Å². The molecule has 0 saturated carbocycles. The maximum Gasteiger partial charge on any atom is 0.290 e. The Kier molecular flexibility index (Phi) is 6.29. The van der Waals surface area contributed by atoms with Crippen LogP contribution >= 0.6 is 0 Å². The van der Waals surface area contributed by atoms with Gasteiger partial charge in [0.05, 0.1) is 6.26 Å². The second kappa shape index (κ2) is 8.99. The normalized spacial score (nSPS) is 20.4. The Labute approximate surface area is 184 Å². The van der Waals surface area contributed by atoms with Crippen molar-refractivity contribution in [2.75, 3.05) is 32.7 Å². The number of rotatable bonds is 4. The molecule has 2 aromatic rings. The molecule has 3 heterocycles. The summed E-state index contributed by atoms with van der Waals surface area (Å²) in [6.07, 6.45) is 3.50. The van der Waals surface area contributed by atoms with Crippen LogP contribution in [0.5, 0.6) is 0 Å². The number of halogens is 2. The zero-order valence-electron chi connectivity index (χ0n) is 17.2. The van der Waals surface area contributed by atoms with Gasteiger partial charge in [0.15, 0.2) is 5.76 Å². The molecular formula is C21H23F2N3O5S. The lowest BCUT2D eigenvalue weighted by Gasteiger charge is -2.40. The van der Waals surface area contributed by atoms with Crippen LogP contribution in [0.1, 0.15) is 29.8 Å². The molecule has 32 heavy (non-hydrogen) atoms. The van der Waals surface area contributed by atoms with Gasteiger partial charge in [-0.1, -0.05) is 0 Å². The maximum atomic E-state index is 14.0. The molecule has 1 unspecified atom stereocenters. The highest BCUT2D eigenvalue weighted by Gasteiger charge is 2.38. The van der Waals surface area contributed by atoms with Gasteiger partial charge in [0, 0.05) is 38.8 Å². The van der Waals surface area contributed by atoms with Crippen molar-refractivity contribution in [1.82, 2.24) is 14.1 Å². The van der Waals surface area contributed by atoms with Crippen molar-refractivity contribution in [2.24, 2.45) is 0 Å². The third-order valence-electron chi connectivity index (χ3n) is 5.84. The second-order valence-electron chi connectivity index (χ2n) is 7.79. The lowest BCUT2D eigenvalue weighted by molar-refractivity contribution is -0.138. The second-order valence-corrected chi connectivity index (χ2v) is 9.70. The van der Waals surface area contributed by atoms with Crippen LogP contribution in [-0.4, -0.2) is 73.1 Å². The van der Waals surface area contributed by atoms with E-state index in [1.54, 1.807) is 12.1 Å². The minimum atomic E-state index is -4.16. The fraction of sp³-hybridized carbons (Fsp3) is 0.429. The zero-order valence-corrected chi connectivity index (χ0v) is 18.1. The van der Waals surface area contributed by atoms with Crippen molar-refractivity contribution < 1.29 is 31.2 Å². The Hall–Kier alpha value is -2.79. The molecule has 0 N–H and O–H groups in total. The lowest BCUT2D eigenvalue weighted by atomic mass is 10.00. The quantitative estimate of drug-likeness (QED) is 0.687. The Morgan fingerprint density at radius 2 is 1.75 bits per heavy atom. The van der Waals surface area contributed by atoms with Gasteiger partial charge in [0.1, 0.15) is 22.6 Å². The van der Waals surface area contributed by atoms with Crippen LogP contribution < -0.4 is 0 Å². The summed E-state index contributed by atoms with van der Waals surface area (Å²) in [5, 5.41) is 0. The molecule has 2 aliphatic rings. The van der Waals surface area contributed by atoms with Crippen molar-refractivity contribution in [2.45, 2.75) is 30.2 Å². The molecule has 8 nitrogen and oxygen atoms in total. The van der Waals surface area contributed by atoms with Crippen LogP contribution in [0.15, 0.2) is 45.9 Å². The number of carbonyl (C=O) groups is 2. The lowest BCUT2D eigenvalue weighted by Crippen LogP contribution is -2.57. The summed E-state index contributed by atoms with van der Waals surface area (Å²) in [6, 6.07) is 4.84. The van der Waals surface area contributed by atoms with Crippen molar-refractivity contribution in [3.05, 3.63) is 54.0 Å². The van der Waals surface area contributed by atoms with E-state index in [1.165, 1.54) is 16.1 Å². The predicted octanol–water partition coefficient (Wildman–Crippen LogP) is 2.09. The minimum absolute atomic E-state index is 0.0241. The van der Waals surface area contributed by atoms with Crippen LogP contribution in [0.25, 0.3) is 0 Å². The number of benzene rings is 1. The van der Waals surface area contributed by atoms with Crippen molar-refractivity contribution in [1.29, 1.82) is 0 Å². The van der Waals surface area contributed by atoms with E-state index in [-0.39, 0.29) is 43.8 Å². The molecule has 1 aromatic heterocycles. The first kappa shape index (κ1) is 22.4. The topological polar surface area (TPSA) is 91.1 Å². The van der Waals surface area contributed by atoms with Crippen LogP contribution in [0.4, 0.5) is 8.78 Å². The van der Waals surface area contributed by atoms with Gasteiger partial charge in [0.2, 0.25) is 15.9 Å². The van der Waals surface area contributed by atoms with Gasteiger partial charge in [-0.2, -0.15) is 4.31 Å². The largest absolute Gasteiger partial charge is 0.459 e. The van der Waals surface area contributed by atoms with Crippen molar-refractivity contribution in [3.8, 4) is 0 Å². The van der Waals surface area contributed by atoms with Crippen molar-refractivity contribution >= 4 is 21.8 Å². The van der Waals surface area contributed by atoms with E-state index in [0.29, 0.717) is 19.0 Å². The molecule has 0 bridgehead atoms. The molecule has 0 spiro atoms. The fourth-order valence-corrected chi connectivity index (χ4v) is 5.62. The first-order chi connectivity index (χ1) is 15.3. The Morgan fingerprint density at radius 1 is 1.00 bits per heavy atom. The van der Waals surface area contributed by atoms with E-state index in [9.17, 15) is 26.8 Å². The van der Waals surface area contributed by atoms with Gasteiger partial charge in [-0.05, 0) is 43.5 Å². The molecular weight excluding hydrogens is 444 g/mol. The minimum Gasteiger partial charge on any atom is -0.459 e. The molecule has 1 aromatic carbocycles. The molecule has 2 saturated heterocycles. The SMILES string of the molecule is O=C(C1CCCCN1C(=O)c1ccco1)N1CCN(S(=O)(=O)c2ccc(F)cc2F)CC1. The molecule has 0 aliphatic carbocycles. The number of sulfonamides is 1. The number of hydrogen-bond donors (Lipinski definition) is 0. The van der Waals surface area contributed by atoms with E-state index >= 15 is 0 Å². The molecule has 2 amide bonds. The molecule has 172 valence electrons. The maximum absolute atomic E-state index is 14.0. The average molecular weight is 467 g/mol. The Balaban J connectivity index is 1.44. The highest BCUT2D eigenvalue weighted by Crippen LogP contribution is 2.24. The van der Waals surface area contributed by atoms with E-state index < -0.39 is 32.6 Å². The average Bonchev–Trinajstić information content (AvgIpc) is 3.33. The van der Waals surface area contributed by atoms with Gasteiger partial charge in [-0.15, -0.1) is 0 Å². The Bertz CT molecular complexity index is 1100. The standard InChI is InChI=1S/C21H23F2N3O5S/c22-15-6-7-19(16(23)14-15)32(29,30)25-11-9-24(10-12-25)20(27)17-4-1-2-8-26(17)21(28)18-5-3-13-31-18/h3,5-7,13-14,17H,1-2,4,8-12H2. The van der Waals surface area contributed by atoms with E-state index in [0.717, 1.165) is 29.3 Å². The number of piperidine rings is 1. The first-order valence-electron chi connectivity index (χ1n) is 10.4. The summed E-state index contributed by atoms with van der Waals surface area (Å²) in [4.78, 5) is 28.4. The third kappa shape index (κ3) is 4.26. The third-order valence-corrected chi connectivity index (χ3v) is 7.77. The summed E-state index contributed by atoms with van der Waals surface area (Å²) in [5.41, 5.74) is 0. The number of furan rings is 1. The summed E-state index contributed by atoms with van der Waals surface area (Å²) >= 11 is 0. The number of piperazine rings is 1. The van der Waals surface area contributed by atoms with Crippen molar-refractivity contribution in [3.63, 3.8) is 0 Å². The van der Waals surface area contributed by atoms with E-state index in [4.69, 9.17) is 4.42 Å². The smallest absolute Gasteiger partial charge is 0.290 e. The van der Waals surface area contributed by atoms with Gasteiger partial charge in [0.25, 0.3) is 5.91 Å². The molecule has 2 aliphatic heterocycles. The summed E-state index contributed by atoms with van der Waals surface area (Å²) < 4.78 is 59.0. The van der Waals surface area contributed by atoms with Crippen LogP contribution in [-0.2, 0) is 14.8 Å². The molecule has 2 fully saturated rings. The monoisotopic (exact) mass is 467 g/mol. The van der Waals surface area contributed by atoms with Crippen LogP contribution in [0.3, 0.4) is 0 Å². The number of nitrogens with zero attached hydrogens (tertiary/aromatic N) is 3. The van der Waals surface area contributed by atoms with Gasteiger partial charge in [-0.25, -0.2) is 17.2 Å². The zero-order chi connectivity index (χ0) is 22.9. The van der Waals surface area contributed by atoms with Gasteiger partial charge in [-0.3, -0.25) is 9.59 Å². The van der Waals surface area contributed by atoms with Crippen LogP contribution in [0.2, 0.25) is 0 Å². The molecule has 1 atom stereocenters. The summed E-state index contributed by atoms with van der Waals surface area (Å²) in [7, 11) is -4.16. The first-order valence-corrected chi connectivity index (χ1v) is 11.8. The van der Waals surface area contributed by atoms with Gasteiger partial charge < -0.3 is 14.2 Å². The Morgan fingerprint density at radius 3 is 2.41 bits per heavy atom. The summed E-state index contributed by atoms with van der Waals surface area (Å²) in [6.45, 7) is 0.613. The molecule has 4 rings (SSSR count). The van der Waals surface area contributed by atoms with Gasteiger partial charge >= 0.3 is 0 Å². The fourth-order valence-electron chi connectivity index (χ4n) is 4.16. The number of carbonyl (C=O) groups excluding carboxylic acids is 2. The molecule has 11 heteroatoms. The number of amides is 2. The number of hydrogen-bond acceptors (Lipinski definition) is 5. The summed E-state index contributed by atoms with van der Waals surface area (Å²) in [5.74, 6) is -2.44. The van der Waals surface area contributed by atoms with Crippen LogP contribution in [0, 0.1) is 11.6 Å².